The van der Waals surface area contributed by atoms with Gasteiger partial charge in [0.25, 0.3) is 5.91 Å². The first-order valence-electron chi connectivity index (χ1n) is 6.25. The van der Waals surface area contributed by atoms with Gasteiger partial charge >= 0.3 is 0 Å². The molecule has 1 fully saturated rings. The first kappa shape index (κ1) is 12.2. The maximum Gasteiger partial charge on any atom is 0.286 e. The summed E-state index contributed by atoms with van der Waals surface area (Å²) in [5.74, 6) is 1.03. The van der Waals surface area contributed by atoms with Crippen molar-refractivity contribution >= 4 is 5.91 Å². The average molecular weight is 237 g/mol. The Labute approximate surface area is 101 Å². The van der Waals surface area contributed by atoms with Gasteiger partial charge in [-0.05, 0) is 43.7 Å². The number of rotatable bonds is 5. The van der Waals surface area contributed by atoms with Crippen molar-refractivity contribution in [3.8, 4) is 0 Å². The highest BCUT2D eigenvalue weighted by atomic mass is 16.5. The molecule has 0 unspecified atom stereocenters. The average Bonchev–Trinajstić information content (AvgIpc) is 2.89. The van der Waals surface area contributed by atoms with Gasteiger partial charge in [0.15, 0.2) is 5.76 Å². The highest BCUT2D eigenvalue weighted by Crippen LogP contribution is 2.19. The van der Waals surface area contributed by atoms with Crippen molar-refractivity contribution in [3.63, 3.8) is 0 Å². The van der Waals surface area contributed by atoms with E-state index in [0.29, 0.717) is 5.76 Å². The molecular formula is C13H19NO3. The molecule has 0 bridgehead atoms. The molecule has 1 amide bonds. The molecule has 0 radical (unpaired) electrons. The lowest BCUT2D eigenvalue weighted by molar-refractivity contribution is 0.0631. The van der Waals surface area contributed by atoms with E-state index in [-0.39, 0.29) is 5.91 Å². The molecule has 0 saturated carbocycles. The normalized spacial score (nSPS) is 16.9. The number of ether oxygens (including phenoxy) is 1. The quantitative estimate of drug-likeness (QED) is 0.799. The van der Waals surface area contributed by atoms with E-state index in [4.69, 9.17) is 9.15 Å². The monoisotopic (exact) mass is 237 g/mol. The predicted molar refractivity (Wildman–Crippen MR) is 63.8 cm³/mol. The molecule has 0 atom stereocenters. The van der Waals surface area contributed by atoms with E-state index in [1.807, 2.05) is 0 Å². The fourth-order valence-corrected chi connectivity index (χ4v) is 2.12. The Morgan fingerprint density at radius 2 is 2.24 bits per heavy atom. The number of nitrogens with one attached hydrogen (secondary N) is 1. The van der Waals surface area contributed by atoms with Gasteiger partial charge in [-0.25, -0.2) is 0 Å². The van der Waals surface area contributed by atoms with Gasteiger partial charge < -0.3 is 14.5 Å². The van der Waals surface area contributed by atoms with Gasteiger partial charge in [0, 0.05) is 19.8 Å². The van der Waals surface area contributed by atoms with Crippen molar-refractivity contribution in [2.75, 3.05) is 19.8 Å². The lowest BCUT2D eigenvalue weighted by Crippen LogP contribution is -2.25. The summed E-state index contributed by atoms with van der Waals surface area (Å²) >= 11 is 0. The Morgan fingerprint density at radius 1 is 1.41 bits per heavy atom. The van der Waals surface area contributed by atoms with Gasteiger partial charge in [0.2, 0.25) is 0 Å². The van der Waals surface area contributed by atoms with Crippen molar-refractivity contribution in [3.05, 3.63) is 24.2 Å². The Morgan fingerprint density at radius 3 is 2.94 bits per heavy atom. The van der Waals surface area contributed by atoms with Crippen molar-refractivity contribution < 1.29 is 13.9 Å². The first-order valence-corrected chi connectivity index (χ1v) is 6.25. The number of amides is 1. The van der Waals surface area contributed by atoms with Crippen LogP contribution in [0.25, 0.3) is 0 Å². The van der Waals surface area contributed by atoms with Gasteiger partial charge in [-0.3, -0.25) is 4.79 Å². The lowest BCUT2D eigenvalue weighted by atomic mass is 9.95. The van der Waals surface area contributed by atoms with E-state index < -0.39 is 0 Å². The molecule has 1 N–H and O–H groups in total. The highest BCUT2D eigenvalue weighted by Gasteiger charge is 2.13. The summed E-state index contributed by atoms with van der Waals surface area (Å²) in [7, 11) is 0. The second-order valence-corrected chi connectivity index (χ2v) is 4.43. The number of hydrogen-bond acceptors (Lipinski definition) is 3. The maximum atomic E-state index is 11.5. The summed E-state index contributed by atoms with van der Waals surface area (Å²) in [5.41, 5.74) is 0. The molecule has 1 aromatic heterocycles. The van der Waals surface area contributed by atoms with Crippen LogP contribution in [0, 0.1) is 5.92 Å². The number of furan rings is 1. The minimum absolute atomic E-state index is 0.123. The number of hydrogen-bond donors (Lipinski definition) is 1. The predicted octanol–water partition coefficient (Wildman–Crippen LogP) is 2.22. The smallest absolute Gasteiger partial charge is 0.286 e. The largest absolute Gasteiger partial charge is 0.459 e. The molecular weight excluding hydrogens is 218 g/mol. The Balaban J connectivity index is 1.58. The van der Waals surface area contributed by atoms with Gasteiger partial charge in [-0.1, -0.05) is 0 Å². The summed E-state index contributed by atoms with van der Waals surface area (Å²) in [6, 6.07) is 3.39. The van der Waals surface area contributed by atoms with E-state index >= 15 is 0 Å². The minimum atomic E-state index is -0.123. The van der Waals surface area contributed by atoms with E-state index in [9.17, 15) is 4.79 Å². The Hall–Kier alpha value is -1.29. The molecule has 94 valence electrons. The van der Waals surface area contributed by atoms with Crippen LogP contribution < -0.4 is 5.32 Å². The maximum absolute atomic E-state index is 11.5. The molecule has 17 heavy (non-hydrogen) atoms. The number of carbonyl (C=O) groups is 1. The summed E-state index contributed by atoms with van der Waals surface area (Å²) in [4.78, 5) is 11.5. The second-order valence-electron chi connectivity index (χ2n) is 4.43. The lowest BCUT2D eigenvalue weighted by Gasteiger charge is -2.21. The molecule has 0 aromatic carbocycles. The van der Waals surface area contributed by atoms with Crippen LogP contribution in [0.4, 0.5) is 0 Å². The van der Waals surface area contributed by atoms with Crippen LogP contribution in [0.1, 0.15) is 36.2 Å². The van der Waals surface area contributed by atoms with Gasteiger partial charge in [-0.2, -0.15) is 0 Å². The molecule has 2 rings (SSSR count). The molecule has 0 spiro atoms. The van der Waals surface area contributed by atoms with E-state index in [2.05, 4.69) is 5.32 Å². The Bertz CT molecular complexity index is 328. The zero-order chi connectivity index (χ0) is 11.9. The van der Waals surface area contributed by atoms with Crippen molar-refractivity contribution in [2.24, 2.45) is 5.92 Å². The molecule has 1 aliphatic heterocycles. The van der Waals surface area contributed by atoms with Crippen LogP contribution in [0.5, 0.6) is 0 Å². The Kier molecular flexibility index (Phi) is 4.62. The van der Waals surface area contributed by atoms with Gasteiger partial charge in [-0.15, -0.1) is 0 Å². The van der Waals surface area contributed by atoms with Crippen molar-refractivity contribution in [1.82, 2.24) is 5.32 Å². The zero-order valence-electron chi connectivity index (χ0n) is 9.98. The van der Waals surface area contributed by atoms with Crippen molar-refractivity contribution in [1.29, 1.82) is 0 Å². The van der Waals surface area contributed by atoms with Crippen LogP contribution in [0.2, 0.25) is 0 Å². The zero-order valence-corrected chi connectivity index (χ0v) is 9.98. The topological polar surface area (TPSA) is 51.5 Å². The van der Waals surface area contributed by atoms with Crippen LogP contribution in [0.3, 0.4) is 0 Å². The minimum Gasteiger partial charge on any atom is -0.459 e. The molecule has 4 nitrogen and oxygen atoms in total. The molecule has 4 heteroatoms. The molecule has 2 heterocycles. The summed E-state index contributed by atoms with van der Waals surface area (Å²) in [6.07, 6.45) is 6.02. The standard InChI is InChI=1S/C13H19NO3/c15-13(12-4-2-8-17-12)14-7-1-3-11-5-9-16-10-6-11/h2,4,8,11H,1,3,5-7,9-10H2,(H,14,15). The van der Waals surface area contributed by atoms with Crippen LogP contribution >= 0.6 is 0 Å². The van der Waals surface area contributed by atoms with Crippen LogP contribution in [0.15, 0.2) is 22.8 Å². The SMILES string of the molecule is O=C(NCCCC1CCOCC1)c1ccco1. The second kappa shape index (κ2) is 6.45. The summed E-state index contributed by atoms with van der Waals surface area (Å²) < 4.78 is 10.3. The third kappa shape index (κ3) is 3.89. The first-order chi connectivity index (χ1) is 8.36. The van der Waals surface area contributed by atoms with Gasteiger partial charge in [0.1, 0.15) is 0 Å². The fraction of sp³-hybridized carbons (Fsp3) is 0.615. The van der Waals surface area contributed by atoms with Gasteiger partial charge in [0.05, 0.1) is 6.26 Å². The van der Waals surface area contributed by atoms with E-state index in [1.54, 1.807) is 12.1 Å². The van der Waals surface area contributed by atoms with E-state index in [0.717, 1.165) is 44.9 Å². The van der Waals surface area contributed by atoms with Crippen LogP contribution in [-0.4, -0.2) is 25.7 Å². The fourth-order valence-electron chi connectivity index (χ4n) is 2.12. The third-order valence-corrected chi connectivity index (χ3v) is 3.16. The van der Waals surface area contributed by atoms with E-state index in [1.165, 1.54) is 12.7 Å². The summed E-state index contributed by atoms with van der Waals surface area (Å²) in [6.45, 7) is 2.50. The molecule has 0 aliphatic carbocycles. The summed E-state index contributed by atoms with van der Waals surface area (Å²) in [5, 5.41) is 2.86. The molecule has 1 saturated heterocycles. The molecule has 1 aromatic rings. The van der Waals surface area contributed by atoms with Crippen LogP contribution in [-0.2, 0) is 4.74 Å². The molecule has 1 aliphatic rings. The highest BCUT2D eigenvalue weighted by molar-refractivity contribution is 5.91. The third-order valence-electron chi connectivity index (χ3n) is 3.16. The van der Waals surface area contributed by atoms with Crippen molar-refractivity contribution in [2.45, 2.75) is 25.7 Å². The number of carbonyl (C=O) groups excluding carboxylic acids is 1.